The highest BCUT2D eigenvalue weighted by Gasteiger charge is 2.14. The molecule has 0 aliphatic carbocycles. The summed E-state index contributed by atoms with van der Waals surface area (Å²) in [5.41, 5.74) is 5.32. The number of nitrogens with zero attached hydrogens (tertiary/aromatic N) is 1. The highest BCUT2D eigenvalue weighted by atomic mass is 35.5. The van der Waals surface area contributed by atoms with E-state index in [1.54, 1.807) is 24.3 Å². The lowest BCUT2D eigenvalue weighted by Crippen LogP contribution is -2.13. The molecule has 3 aromatic rings. The minimum Gasteiger partial charge on any atom is -0.508 e. The van der Waals surface area contributed by atoms with Gasteiger partial charge in [-0.05, 0) is 74.4 Å². The Balaban J connectivity index is 1.92. The van der Waals surface area contributed by atoms with Crippen molar-refractivity contribution in [3.05, 3.63) is 93.0 Å². The van der Waals surface area contributed by atoms with Gasteiger partial charge in [0.1, 0.15) is 23.1 Å². The minimum atomic E-state index is -0.559. The van der Waals surface area contributed by atoms with E-state index in [9.17, 15) is 15.2 Å². The zero-order valence-electron chi connectivity index (χ0n) is 18.8. The second kappa shape index (κ2) is 10.7. The summed E-state index contributed by atoms with van der Waals surface area (Å²) < 4.78 is 5.85. The standard InChI is InChI=1S/C27H25ClN2O3/c1-4-33-26-15-20(12-21(16-29)27(32)30-22-5-7-23(31)8-6-22)14-25(28)24(26)13-19-10-17(2)9-18(3)11-19/h5-12,14-15,31H,4,13H2,1-3H3,(H,30,32)/b21-12+. The smallest absolute Gasteiger partial charge is 0.266 e. The van der Waals surface area contributed by atoms with Crippen LogP contribution >= 0.6 is 11.6 Å². The third kappa shape index (κ3) is 6.38. The molecular weight excluding hydrogens is 436 g/mol. The fourth-order valence-corrected chi connectivity index (χ4v) is 3.89. The van der Waals surface area contributed by atoms with Gasteiger partial charge >= 0.3 is 0 Å². The minimum absolute atomic E-state index is 0.0800. The molecule has 0 heterocycles. The van der Waals surface area contributed by atoms with Crippen LogP contribution in [0.25, 0.3) is 6.08 Å². The van der Waals surface area contributed by atoms with Crippen LogP contribution in [-0.4, -0.2) is 17.6 Å². The van der Waals surface area contributed by atoms with Gasteiger partial charge < -0.3 is 15.2 Å². The molecule has 0 spiro atoms. The molecule has 168 valence electrons. The van der Waals surface area contributed by atoms with Gasteiger partial charge in [0.15, 0.2) is 0 Å². The highest BCUT2D eigenvalue weighted by Crippen LogP contribution is 2.32. The summed E-state index contributed by atoms with van der Waals surface area (Å²) in [6.45, 7) is 6.46. The summed E-state index contributed by atoms with van der Waals surface area (Å²) in [6, 6.07) is 17.8. The number of nitrogens with one attached hydrogen (secondary N) is 1. The Labute approximate surface area is 198 Å². The Bertz CT molecular complexity index is 1220. The molecule has 0 saturated carbocycles. The summed E-state index contributed by atoms with van der Waals surface area (Å²) in [4.78, 5) is 12.6. The normalized spacial score (nSPS) is 11.1. The Hall–Kier alpha value is -3.75. The predicted octanol–water partition coefficient (Wildman–Crippen LogP) is 6.20. The molecule has 6 heteroatoms. The van der Waals surface area contributed by atoms with Crippen LogP contribution in [0.15, 0.2) is 60.2 Å². The van der Waals surface area contributed by atoms with Crippen molar-refractivity contribution in [1.29, 1.82) is 5.26 Å². The molecule has 0 radical (unpaired) electrons. The van der Waals surface area contributed by atoms with Crippen LogP contribution in [0.1, 0.15) is 34.7 Å². The van der Waals surface area contributed by atoms with E-state index in [1.165, 1.54) is 29.3 Å². The lowest BCUT2D eigenvalue weighted by atomic mass is 9.98. The van der Waals surface area contributed by atoms with Crippen molar-refractivity contribution in [3.8, 4) is 17.6 Å². The molecule has 0 saturated heterocycles. The first kappa shape index (κ1) is 23.9. The largest absolute Gasteiger partial charge is 0.508 e. The van der Waals surface area contributed by atoms with Crippen molar-refractivity contribution >= 4 is 29.3 Å². The number of carbonyl (C=O) groups is 1. The van der Waals surface area contributed by atoms with Gasteiger partial charge in [0.05, 0.1) is 6.61 Å². The molecule has 2 N–H and O–H groups in total. The van der Waals surface area contributed by atoms with Gasteiger partial charge in [0.25, 0.3) is 5.91 Å². The summed E-state index contributed by atoms with van der Waals surface area (Å²) in [5, 5.41) is 22.1. The first-order valence-corrected chi connectivity index (χ1v) is 10.9. The van der Waals surface area contributed by atoms with Gasteiger partial charge in [0.2, 0.25) is 0 Å². The van der Waals surface area contributed by atoms with Crippen LogP contribution in [0.4, 0.5) is 5.69 Å². The Morgan fingerprint density at radius 2 is 1.79 bits per heavy atom. The molecule has 1 amide bonds. The van der Waals surface area contributed by atoms with E-state index >= 15 is 0 Å². The number of carbonyl (C=O) groups excluding carboxylic acids is 1. The average Bonchev–Trinajstić information content (AvgIpc) is 2.75. The number of phenolic OH excluding ortho intramolecular Hbond substituents is 1. The van der Waals surface area contributed by atoms with Crippen molar-refractivity contribution in [3.63, 3.8) is 0 Å². The van der Waals surface area contributed by atoms with E-state index in [1.807, 2.05) is 13.0 Å². The Kier molecular flexibility index (Phi) is 7.76. The summed E-state index contributed by atoms with van der Waals surface area (Å²) in [5.74, 6) is 0.145. The van der Waals surface area contributed by atoms with E-state index in [-0.39, 0.29) is 11.3 Å². The summed E-state index contributed by atoms with van der Waals surface area (Å²) in [6.07, 6.45) is 2.08. The maximum absolute atomic E-state index is 12.6. The van der Waals surface area contributed by atoms with Crippen molar-refractivity contribution < 1.29 is 14.6 Å². The molecule has 0 atom stereocenters. The quantitative estimate of drug-likeness (QED) is 0.250. The highest BCUT2D eigenvalue weighted by molar-refractivity contribution is 6.31. The number of aromatic hydroxyl groups is 1. The number of hydrogen-bond acceptors (Lipinski definition) is 4. The number of nitriles is 1. The van der Waals surface area contributed by atoms with E-state index in [4.69, 9.17) is 16.3 Å². The molecule has 0 aliphatic heterocycles. The van der Waals surface area contributed by atoms with Crippen LogP contribution in [0, 0.1) is 25.2 Å². The number of ether oxygens (including phenoxy) is 1. The van der Waals surface area contributed by atoms with Crippen molar-refractivity contribution in [1.82, 2.24) is 0 Å². The SMILES string of the molecule is CCOc1cc(/C=C(\C#N)C(=O)Nc2ccc(O)cc2)cc(Cl)c1Cc1cc(C)cc(C)c1. The molecule has 0 bridgehead atoms. The topological polar surface area (TPSA) is 82.3 Å². The Morgan fingerprint density at radius 3 is 2.39 bits per heavy atom. The predicted molar refractivity (Wildman–Crippen MR) is 132 cm³/mol. The van der Waals surface area contributed by atoms with Crippen LogP contribution in [0.2, 0.25) is 5.02 Å². The van der Waals surface area contributed by atoms with Crippen LogP contribution in [0.5, 0.6) is 11.5 Å². The van der Waals surface area contributed by atoms with Gasteiger partial charge in [0, 0.05) is 22.7 Å². The van der Waals surface area contributed by atoms with E-state index < -0.39 is 5.91 Å². The van der Waals surface area contributed by atoms with E-state index in [2.05, 4.69) is 37.4 Å². The van der Waals surface area contributed by atoms with Gasteiger partial charge in [-0.25, -0.2) is 0 Å². The molecular formula is C27H25ClN2O3. The first-order valence-electron chi connectivity index (χ1n) is 10.5. The number of phenols is 1. The molecule has 0 aliphatic rings. The lowest BCUT2D eigenvalue weighted by molar-refractivity contribution is -0.112. The number of rotatable bonds is 7. The maximum atomic E-state index is 12.6. The fraction of sp³-hybridized carbons (Fsp3) is 0.185. The molecule has 0 aromatic heterocycles. The Morgan fingerprint density at radius 1 is 1.12 bits per heavy atom. The van der Waals surface area contributed by atoms with Gasteiger partial charge in [-0.3, -0.25) is 4.79 Å². The molecule has 0 fully saturated rings. The van der Waals surface area contributed by atoms with Crippen LogP contribution in [-0.2, 0) is 11.2 Å². The summed E-state index contributed by atoms with van der Waals surface area (Å²) >= 11 is 6.63. The number of amides is 1. The molecule has 33 heavy (non-hydrogen) atoms. The average molecular weight is 461 g/mol. The van der Waals surface area contributed by atoms with E-state index in [0.717, 1.165) is 11.1 Å². The van der Waals surface area contributed by atoms with Gasteiger partial charge in [-0.2, -0.15) is 5.26 Å². The van der Waals surface area contributed by atoms with Crippen LogP contribution < -0.4 is 10.1 Å². The zero-order valence-corrected chi connectivity index (χ0v) is 19.5. The van der Waals surface area contributed by atoms with Crippen molar-refractivity contribution in [2.24, 2.45) is 0 Å². The molecule has 3 rings (SSSR count). The maximum Gasteiger partial charge on any atom is 0.266 e. The van der Waals surface area contributed by atoms with Crippen LogP contribution in [0.3, 0.4) is 0 Å². The zero-order chi connectivity index (χ0) is 24.0. The van der Waals surface area contributed by atoms with Crippen molar-refractivity contribution in [2.75, 3.05) is 11.9 Å². The molecule has 0 unspecified atom stereocenters. The number of benzene rings is 3. The second-order valence-corrected chi connectivity index (χ2v) is 8.16. The second-order valence-electron chi connectivity index (χ2n) is 7.76. The fourth-order valence-electron chi connectivity index (χ4n) is 3.60. The molecule has 3 aromatic carbocycles. The third-order valence-corrected chi connectivity index (χ3v) is 5.28. The third-order valence-electron chi connectivity index (χ3n) is 4.94. The number of anilines is 1. The van der Waals surface area contributed by atoms with Gasteiger partial charge in [-0.15, -0.1) is 0 Å². The summed E-state index contributed by atoms with van der Waals surface area (Å²) in [7, 11) is 0. The van der Waals surface area contributed by atoms with Crippen molar-refractivity contribution in [2.45, 2.75) is 27.2 Å². The van der Waals surface area contributed by atoms with Gasteiger partial charge in [-0.1, -0.05) is 40.9 Å². The first-order chi connectivity index (χ1) is 15.8. The number of aryl methyl sites for hydroxylation is 2. The monoisotopic (exact) mass is 460 g/mol. The van der Waals surface area contributed by atoms with E-state index in [0.29, 0.717) is 35.1 Å². The lowest BCUT2D eigenvalue weighted by Gasteiger charge is -2.14. The molecule has 5 nitrogen and oxygen atoms in total. The number of halogens is 1. The number of hydrogen-bond donors (Lipinski definition) is 2.